The number of rotatable bonds is 3. The van der Waals surface area contributed by atoms with Crippen LogP contribution in [-0.2, 0) is 0 Å². The van der Waals surface area contributed by atoms with Crippen molar-refractivity contribution < 1.29 is 4.79 Å². The minimum Gasteiger partial charge on any atom is -0.397 e. The van der Waals surface area contributed by atoms with Crippen molar-refractivity contribution in [2.24, 2.45) is 0 Å². The van der Waals surface area contributed by atoms with Crippen LogP contribution in [0.1, 0.15) is 29.6 Å². The number of hydrogen-bond donors (Lipinski definition) is 2. The summed E-state index contributed by atoms with van der Waals surface area (Å²) in [5, 5.41) is 3.29. The number of nitrogens with two attached hydrogens (primary N) is 1. The third-order valence-electron chi connectivity index (χ3n) is 4.03. The van der Waals surface area contributed by atoms with Gasteiger partial charge >= 0.3 is 0 Å². The van der Waals surface area contributed by atoms with E-state index in [9.17, 15) is 4.79 Å². The van der Waals surface area contributed by atoms with Crippen molar-refractivity contribution in [3.63, 3.8) is 0 Å². The molecule has 1 fully saturated rings. The predicted molar refractivity (Wildman–Crippen MR) is 90.3 cm³/mol. The quantitative estimate of drug-likeness (QED) is 0.850. The molecular weight excluding hydrogens is 274 g/mol. The third-order valence-corrected chi connectivity index (χ3v) is 4.03. The van der Waals surface area contributed by atoms with Gasteiger partial charge in [0.2, 0.25) is 0 Å². The lowest BCUT2D eigenvalue weighted by molar-refractivity contribution is 0.0725. The van der Waals surface area contributed by atoms with Gasteiger partial charge in [-0.15, -0.1) is 0 Å². The summed E-state index contributed by atoms with van der Waals surface area (Å²) >= 11 is 0. The second-order valence-electron chi connectivity index (χ2n) is 5.61. The van der Waals surface area contributed by atoms with Crippen LogP contribution in [0.5, 0.6) is 0 Å². The molecule has 114 valence electrons. The summed E-state index contributed by atoms with van der Waals surface area (Å²) < 4.78 is 0. The lowest BCUT2D eigenvalue weighted by atomic mass is 10.1. The fraction of sp³-hybridized carbons (Fsp3) is 0.278. The lowest BCUT2D eigenvalue weighted by Crippen LogP contribution is -2.35. The predicted octanol–water partition coefficient (Wildman–Crippen LogP) is 3.64. The molecule has 4 nitrogen and oxygen atoms in total. The standard InChI is InChI=1S/C18H21N3O/c19-15-9-3-5-11-17(15)20-16-10-4-2-8-14(16)18(22)21-12-6-1-7-13-21/h2-5,8-11,20H,1,6-7,12-13,19H2. The van der Waals surface area contributed by atoms with Gasteiger partial charge in [0, 0.05) is 13.1 Å². The summed E-state index contributed by atoms with van der Waals surface area (Å²) in [5.41, 5.74) is 8.97. The van der Waals surface area contributed by atoms with Crippen LogP contribution in [0.25, 0.3) is 0 Å². The van der Waals surface area contributed by atoms with Crippen molar-refractivity contribution in [1.82, 2.24) is 4.90 Å². The van der Waals surface area contributed by atoms with Gasteiger partial charge in [-0.1, -0.05) is 24.3 Å². The molecule has 1 heterocycles. The molecule has 0 radical (unpaired) electrons. The monoisotopic (exact) mass is 295 g/mol. The first-order valence-electron chi connectivity index (χ1n) is 7.75. The van der Waals surface area contributed by atoms with E-state index in [-0.39, 0.29) is 5.91 Å². The second kappa shape index (κ2) is 6.52. The van der Waals surface area contributed by atoms with E-state index >= 15 is 0 Å². The molecule has 0 atom stereocenters. The first kappa shape index (κ1) is 14.4. The van der Waals surface area contributed by atoms with Crippen LogP contribution in [0.2, 0.25) is 0 Å². The number of benzene rings is 2. The molecule has 0 saturated carbocycles. The number of anilines is 3. The first-order valence-corrected chi connectivity index (χ1v) is 7.75. The molecule has 22 heavy (non-hydrogen) atoms. The number of carbonyl (C=O) groups excluding carboxylic acids is 1. The first-order chi connectivity index (χ1) is 10.8. The number of hydrogen-bond acceptors (Lipinski definition) is 3. The topological polar surface area (TPSA) is 58.4 Å². The molecular formula is C18H21N3O. The van der Waals surface area contributed by atoms with E-state index < -0.39 is 0 Å². The molecule has 1 aliphatic rings. The largest absolute Gasteiger partial charge is 0.397 e. The van der Waals surface area contributed by atoms with Crippen molar-refractivity contribution in [3.8, 4) is 0 Å². The number of amides is 1. The van der Waals surface area contributed by atoms with E-state index in [1.807, 2.05) is 53.4 Å². The van der Waals surface area contributed by atoms with E-state index in [0.717, 1.165) is 37.3 Å². The fourth-order valence-corrected chi connectivity index (χ4v) is 2.80. The Morgan fingerprint density at radius 2 is 1.55 bits per heavy atom. The van der Waals surface area contributed by atoms with Crippen molar-refractivity contribution >= 4 is 23.0 Å². The van der Waals surface area contributed by atoms with Crippen LogP contribution >= 0.6 is 0 Å². The summed E-state index contributed by atoms with van der Waals surface area (Å²) in [6.07, 6.45) is 3.39. The van der Waals surface area contributed by atoms with Crippen LogP contribution < -0.4 is 11.1 Å². The summed E-state index contributed by atoms with van der Waals surface area (Å²) in [6, 6.07) is 15.2. The van der Waals surface area contributed by atoms with E-state index in [2.05, 4.69) is 5.32 Å². The lowest BCUT2D eigenvalue weighted by Gasteiger charge is -2.27. The number of nitrogens with one attached hydrogen (secondary N) is 1. The van der Waals surface area contributed by atoms with E-state index in [0.29, 0.717) is 11.3 Å². The number of likely N-dealkylation sites (tertiary alicyclic amines) is 1. The number of piperidine rings is 1. The molecule has 3 N–H and O–H groups in total. The highest BCUT2D eigenvalue weighted by Gasteiger charge is 2.20. The van der Waals surface area contributed by atoms with Crippen LogP contribution in [0.15, 0.2) is 48.5 Å². The van der Waals surface area contributed by atoms with Crippen LogP contribution in [-0.4, -0.2) is 23.9 Å². The van der Waals surface area contributed by atoms with Gasteiger partial charge in [-0.3, -0.25) is 4.79 Å². The SMILES string of the molecule is Nc1ccccc1Nc1ccccc1C(=O)N1CCCCC1. The van der Waals surface area contributed by atoms with Gasteiger partial charge in [-0.05, 0) is 43.5 Å². The van der Waals surface area contributed by atoms with E-state index in [1.54, 1.807) is 0 Å². The summed E-state index contributed by atoms with van der Waals surface area (Å²) in [6.45, 7) is 1.70. The molecule has 2 aromatic rings. The van der Waals surface area contributed by atoms with E-state index in [1.165, 1.54) is 6.42 Å². The van der Waals surface area contributed by atoms with Gasteiger partial charge < -0.3 is 16.0 Å². The number of nitrogen functional groups attached to an aromatic ring is 1. The molecule has 1 saturated heterocycles. The van der Waals surface area contributed by atoms with Gasteiger partial charge in [0.1, 0.15) is 0 Å². The Hall–Kier alpha value is -2.49. The van der Waals surface area contributed by atoms with Crippen molar-refractivity contribution in [1.29, 1.82) is 0 Å². The summed E-state index contributed by atoms with van der Waals surface area (Å²) in [4.78, 5) is 14.7. The fourth-order valence-electron chi connectivity index (χ4n) is 2.80. The molecule has 4 heteroatoms. The third kappa shape index (κ3) is 3.06. The Bertz CT molecular complexity index is 663. The zero-order valence-electron chi connectivity index (χ0n) is 12.6. The van der Waals surface area contributed by atoms with Crippen molar-refractivity contribution in [2.45, 2.75) is 19.3 Å². The van der Waals surface area contributed by atoms with Gasteiger partial charge in [0.15, 0.2) is 0 Å². The zero-order chi connectivity index (χ0) is 15.4. The van der Waals surface area contributed by atoms with Crippen LogP contribution in [0, 0.1) is 0 Å². The average molecular weight is 295 g/mol. The highest BCUT2D eigenvalue weighted by Crippen LogP contribution is 2.26. The van der Waals surface area contributed by atoms with Crippen LogP contribution in [0.3, 0.4) is 0 Å². The van der Waals surface area contributed by atoms with Gasteiger partial charge in [0.05, 0.1) is 22.6 Å². The van der Waals surface area contributed by atoms with Gasteiger partial charge in [-0.2, -0.15) is 0 Å². The molecule has 0 spiro atoms. The molecule has 0 aliphatic carbocycles. The average Bonchev–Trinajstić information content (AvgIpc) is 2.58. The number of para-hydroxylation sites is 3. The Morgan fingerprint density at radius 1 is 0.909 bits per heavy atom. The number of nitrogens with zero attached hydrogens (tertiary/aromatic N) is 1. The second-order valence-corrected chi connectivity index (χ2v) is 5.61. The maximum absolute atomic E-state index is 12.8. The Labute approximate surface area is 130 Å². The highest BCUT2D eigenvalue weighted by atomic mass is 16.2. The minimum atomic E-state index is 0.0947. The maximum atomic E-state index is 12.8. The molecule has 0 aromatic heterocycles. The zero-order valence-corrected chi connectivity index (χ0v) is 12.6. The van der Waals surface area contributed by atoms with Gasteiger partial charge in [0.25, 0.3) is 5.91 Å². The van der Waals surface area contributed by atoms with Crippen LogP contribution in [0.4, 0.5) is 17.1 Å². The van der Waals surface area contributed by atoms with Crippen molar-refractivity contribution in [3.05, 3.63) is 54.1 Å². The highest BCUT2D eigenvalue weighted by molar-refractivity contribution is 6.00. The maximum Gasteiger partial charge on any atom is 0.255 e. The smallest absolute Gasteiger partial charge is 0.255 e. The minimum absolute atomic E-state index is 0.0947. The Kier molecular flexibility index (Phi) is 4.28. The summed E-state index contributed by atoms with van der Waals surface area (Å²) in [5.74, 6) is 0.0947. The molecule has 2 aromatic carbocycles. The molecule has 0 bridgehead atoms. The normalized spacial score (nSPS) is 14.6. The molecule has 1 aliphatic heterocycles. The van der Waals surface area contributed by atoms with E-state index in [4.69, 9.17) is 5.73 Å². The summed E-state index contributed by atoms with van der Waals surface area (Å²) in [7, 11) is 0. The Balaban J connectivity index is 1.86. The number of carbonyl (C=O) groups is 1. The molecule has 1 amide bonds. The Morgan fingerprint density at radius 3 is 2.27 bits per heavy atom. The molecule has 3 rings (SSSR count). The molecule has 0 unspecified atom stereocenters. The van der Waals surface area contributed by atoms with Crippen molar-refractivity contribution in [2.75, 3.05) is 24.1 Å². The van der Waals surface area contributed by atoms with Gasteiger partial charge in [-0.25, -0.2) is 0 Å².